The van der Waals surface area contributed by atoms with Gasteiger partial charge in [0.2, 0.25) is 0 Å². The van der Waals surface area contributed by atoms with E-state index in [2.05, 4.69) is 147 Å². The first-order chi connectivity index (χ1) is 26.2. The van der Waals surface area contributed by atoms with Crippen molar-refractivity contribution in [3.8, 4) is 44.5 Å². The molecule has 0 bridgehead atoms. The predicted molar refractivity (Wildman–Crippen MR) is 210 cm³/mol. The Hall–Kier alpha value is -5.98. The number of rotatable bonds is 3. The molecule has 230 valence electrons. The maximum absolute atomic E-state index is 8.99. The lowest BCUT2D eigenvalue weighted by Crippen LogP contribution is -2.16. The molecule has 0 spiro atoms. The molecule has 0 N–H and O–H groups in total. The predicted octanol–water partition coefficient (Wildman–Crippen LogP) is 13.6. The summed E-state index contributed by atoms with van der Waals surface area (Å²) in [5.41, 5.74) is 9.20. The van der Waals surface area contributed by atoms with Gasteiger partial charge < -0.3 is 0 Å². The van der Waals surface area contributed by atoms with Crippen molar-refractivity contribution >= 4 is 43.1 Å². The van der Waals surface area contributed by atoms with Gasteiger partial charge in [-0.1, -0.05) is 184 Å². The topological polar surface area (TPSA) is 0 Å². The lowest BCUT2D eigenvalue weighted by Gasteiger charge is -2.26. The normalized spacial score (nSPS) is 14.7. The zero-order valence-corrected chi connectivity index (χ0v) is 27.3. The largest absolute Gasteiger partial charge is 0.0629 e. The zero-order valence-electron chi connectivity index (χ0n) is 32.3. The molecular weight excluding hydrogens is 589 g/mol. The van der Waals surface area contributed by atoms with Crippen molar-refractivity contribution in [1.82, 2.24) is 0 Å². The Morgan fingerprint density at radius 1 is 0.388 bits per heavy atom. The first-order valence-electron chi connectivity index (χ1n) is 19.4. The van der Waals surface area contributed by atoms with Crippen LogP contribution in [0, 0.1) is 0 Å². The molecule has 0 fully saturated rings. The average molecular weight is 628 g/mol. The number of hydrogen-bond acceptors (Lipinski definition) is 0. The van der Waals surface area contributed by atoms with E-state index in [1.165, 1.54) is 32.7 Å². The van der Waals surface area contributed by atoms with Crippen LogP contribution in [-0.4, -0.2) is 0 Å². The van der Waals surface area contributed by atoms with E-state index in [0.717, 1.165) is 54.9 Å². The maximum atomic E-state index is 8.99. The van der Waals surface area contributed by atoms with Crippen LogP contribution in [-0.2, 0) is 5.41 Å². The second-order valence-corrected chi connectivity index (χ2v) is 13.6. The molecule has 1 aliphatic carbocycles. The van der Waals surface area contributed by atoms with E-state index in [4.69, 9.17) is 6.85 Å². The Balaban J connectivity index is 1.35. The van der Waals surface area contributed by atoms with E-state index in [-0.39, 0.29) is 35.8 Å². The van der Waals surface area contributed by atoms with E-state index < -0.39 is 5.41 Å². The Kier molecular flexibility index (Phi) is 5.01. The first-order valence-corrected chi connectivity index (χ1v) is 16.9. The van der Waals surface area contributed by atoms with Gasteiger partial charge in [0, 0.05) is 5.41 Å². The second kappa shape index (κ2) is 10.5. The molecule has 0 atom stereocenters. The number of hydrogen-bond donors (Lipinski definition) is 0. The summed E-state index contributed by atoms with van der Waals surface area (Å²) in [6.45, 7) is 4.37. The van der Waals surface area contributed by atoms with E-state index in [1.54, 1.807) is 0 Å². The van der Waals surface area contributed by atoms with Crippen LogP contribution in [0.2, 0.25) is 0 Å². The van der Waals surface area contributed by atoms with Gasteiger partial charge in [-0.05, 0) is 98.7 Å². The van der Waals surface area contributed by atoms with Gasteiger partial charge in [0.15, 0.2) is 0 Å². The molecule has 9 aromatic rings. The van der Waals surface area contributed by atoms with Crippen LogP contribution >= 0.6 is 0 Å². The lowest BCUT2D eigenvalue weighted by atomic mass is 9.77. The van der Waals surface area contributed by atoms with Crippen LogP contribution in [0.5, 0.6) is 0 Å². The Bertz CT molecular complexity index is 3000. The fourth-order valence-electron chi connectivity index (χ4n) is 8.68. The van der Waals surface area contributed by atoms with Crippen molar-refractivity contribution in [3.63, 3.8) is 0 Å². The lowest BCUT2D eigenvalue weighted by molar-refractivity contribution is 0.662. The second-order valence-electron chi connectivity index (χ2n) is 13.6. The fourth-order valence-corrected chi connectivity index (χ4v) is 8.68. The molecule has 0 radical (unpaired) electrons. The molecule has 0 saturated carbocycles. The quantitative estimate of drug-likeness (QED) is 0.135. The highest BCUT2D eigenvalue weighted by atomic mass is 14.4. The zero-order chi connectivity index (χ0) is 37.0. The minimum absolute atomic E-state index is 0.189. The van der Waals surface area contributed by atoms with Crippen LogP contribution < -0.4 is 0 Å². The van der Waals surface area contributed by atoms with E-state index in [0.29, 0.717) is 5.56 Å². The van der Waals surface area contributed by atoms with Crippen molar-refractivity contribution < 1.29 is 6.85 Å². The van der Waals surface area contributed by atoms with Gasteiger partial charge in [-0.15, -0.1) is 0 Å². The molecular formula is C49H34. The molecule has 0 heteroatoms. The molecule has 1 aliphatic rings. The van der Waals surface area contributed by atoms with Gasteiger partial charge in [0.1, 0.15) is 0 Å². The van der Waals surface area contributed by atoms with Gasteiger partial charge >= 0.3 is 0 Å². The summed E-state index contributed by atoms with van der Waals surface area (Å²) < 4.78 is 43.4. The molecule has 0 unspecified atom stereocenters. The SMILES string of the molecule is [2H]c1c([2H])c([2H])c(-c2ccc(-c3c4ccccc4c(-c4cccc5c4ccc4ccccc45)c4ccccc34)c3c2C(C)(C)c2ccccc2-3)c([2H])c1[2H]. The Labute approximate surface area is 294 Å². The molecule has 0 heterocycles. The van der Waals surface area contributed by atoms with Crippen LogP contribution in [0.15, 0.2) is 170 Å². The van der Waals surface area contributed by atoms with Crippen LogP contribution in [0.25, 0.3) is 87.6 Å². The molecule has 0 aliphatic heterocycles. The first kappa shape index (κ1) is 23.4. The fraction of sp³-hybridized carbons (Fsp3) is 0.0612. The van der Waals surface area contributed by atoms with Crippen molar-refractivity contribution in [2.75, 3.05) is 0 Å². The molecule has 0 amide bonds. The van der Waals surface area contributed by atoms with Crippen molar-refractivity contribution in [2.24, 2.45) is 0 Å². The van der Waals surface area contributed by atoms with E-state index in [9.17, 15) is 0 Å². The molecule has 10 rings (SSSR count). The van der Waals surface area contributed by atoms with Crippen LogP contribution in [0.3, 0.4) is 0 Å². The van der Waals surface area contributed by atoms with Gasteiger partial charge in [0.25, 0.3) is 0 Å². The van der Waals surface area contributed by atoms with Crippen LogP contribution in [0.4, 0.5) is 0 Å². The monoisotopic (exact) mass is 627 g/mol. The van der Waals surface area contributed by atoms with Crippen molar-refractivity contribution in [2.45, 2.75) is 19.3 Å². The van der Waals surface area contributed by atoms with Crippen LogP contribution in [0.1, 0.15) is 31.8 Å². The number of benzene rings is 9. The van der Waals surface area contributed by atoms with Gasteiger partial charge in [-0.25, -0.2) is 0 Å². The summed E-state index contributed by atoms with van der Waals surface area (Å²) in [4.78, 5) is 0. The molecule has 9 aromatic carbocycles. The number of fused-ring (bicyclic) bond motifs is 8. The summed E-state index contributed by atoms with van der Waals surface area (Å²) >= 11 is 0. The highest BCUT2D eigenvalue weighted by Crippen LogP contribution is 2.57. The third kappa shape index (κ3) is 3.98. The summed E-state index contributed by atoms with van der Waals surface area (Å²) in [6, 6.07) is 48.2. The summed E-state index contributed by atoms with van der Waals surface area (Å²) in [7, 11) is 0. The Morgan fingerprint density at radius 3 is 1.65 bits per heavy atom. The molecule has 49 heavy (non-hydrogen) atoms. The van der Waals surface area contributed by atoms with Gasteiger partial charge in [-0.3, -0.25) is 0 Å². The van der Waals surface area contributed by atoms with Crippen molar-refractivity contribution in [3.05, 3.63) is 181 Å². The minimum Gasteiger partial charge on any atom is -0.0622 e. The maximum Gasteiger partial charge on any atom is 0.0629 e. The van der Waals surface area contributed by atoms with Gasteiger partial charge in [0.05, 0.1) is 6.85 Å². The minimum atomic E-state index is -0.516. The van der Waals surface area contributed by atoms with Gasteiger partial charge in [-0.2, -0.15) is 0 Å². The molecule has 0 nitrogen and oxygen atoms in total. The average Bonchev–Trinajstić information content (AvgIpc) is 3.45. The molecule has 0 saturated heterocycles. The summed E-state index contributed by atoms with van der Waals surface area (Å²) in [5.74, 6) is 0. The highest BCUT2D eigenvalue weighted by Gasteiger charge is 2.39. The van der Waals surface area contributed by atoms with E-state index in [1.807, 2.05) is 6.07 Å². The summed E-state index contributed by atoms with van der Waals surface area (Å²) in [5, 5.41) is 9.45. The standard InChI is InChI=1S/C49H34/c1-49(2)44-26-13-12-23-42(44)47-43(30-29-34(48(47)49)31-15-4-3-5-16-31)46-40-21-10-8-19-38(40)45(39-20-9-11-22-41(39)46)37-25-14-24-35-33-18-7-6-17-32(33)27-28-36(35)37/h3-30H,1-2H3/i3D,4D,5D,15D,16D. The molecule has 0 aromatic heterocycles. The third-order valence-corrected chi connectivity index (χ3v) is 10.7. The Morgan fingerprint density at radius 2 is 0.939 bits per heavy atom. The van der Waals surface area contributed by atoms with E-state index >= 15 is 0 Å². The smallest absolute Gasteiger partial charge is 0.0622 e. The summed E-state index contributed by atoms with van der Waals surface area (Å²) in [6.07, 6.45) is 0. The van der Waals surface area contributed by atoms with Crippen molar-refractivity contribution in [1.29, 1.82) is 0 Å². The highest BCUT2D eigenvalue weighted by molar-refractivity contribution is 6.26. The third-order valence-electron chi connectivity index (χ3n) is 10.7.